The van der Waals surface area contributed by atoms with E-state index in [0.29, 0.717) is 11.7 Å². The predicted octanol–water partition coefficient (Wildman–Crippen LogP) is 2.92. The molecule has 0 aliphatic carbocycles. The number of carbonyl (C=O) groups excluding carboxylic acids is 1. The molecular formula is C14H15ClN2O2S. The van der Waals surface area contributed by atoms with Crippen LogP contribution in [-0.4, -0.2) is 22.6 Å². The summed E-state index contributed by atoms with van der Waals surface area (Å²) >= 11 is 7.92. The first-order valence-corrected chi connectivity index (χ1v) is 7.78. The predicted molar refractivity (Wildman–Crippen MR) is 78.2 cm³/mol. The van der Waals surface area contributed by atoms with E-state index in [2.05, 4.69) is 15.6 Å². The molecule has 3 rings (SSSR count). The molecule has 3 heterocycles. The number of halogens is 1. The number of esters is 1. The number of hydrogen-bond acceptors (Lipinski definition) is 4. The minimum absolute atomic E-state index is 0.0974. The molecule has 0 fully saturated rings. The van der Waals surface area contributed by atoms with Crippen molar-refractivity contribution in [1.29, 1.82) is 0 Å². The Morgan fingerprint density at radius 1 is 1.65 bits per heavy atom. The molecule has 0 amide bonds. The van der Waals surface area contributed by atoms with Gasteiger partial charge in [0, 0.05) is 17.8 Å². The van der Waals surface area contributed by atoms with E-state index < -0.39 is 0 Å². The summed E-state index contributed by atoms with van der Waals surface area (Å²) in [4.78, 5) is 17.4. The fraction of sp³-hybridized carbons (Fsp3) is 0.429. The van der Waals surface area contributed by atoms with Gasteiger partial charge in [-0.2, -0.15) is 0 Å². The van der Waals surface area contributed by atoms with Gasteiger partial charge < -0.3 is 9.30 Å². The van der Waals surface area contributed by atoms with E-state index in [-0.39, 0.29) is 11.9 Å². The van der Waals surface area contributed by atoms with Crippen molar-refractivity contribution in [3.05, 3.63) is 39.1 Å². The van der Waals surface area contributed by atoms with E-state index in [1.54, 1.807) is 11.3 Å². The van der Waals surface area contributed by atoms with E-state index in [1.165, 1.54) is 12.0 Å². The fourth-order valence-corrected chi connectivity index (χ4v) is 3.64. The molecule has 1 unspecified atom stereocenters. The number of nitrogens with zero attached hydrogens (tertiary/aromatic N) is 2. The molecule has 0 saturated carbocycles. The second kappa shape index (κ2) is 5.58. The van der Waals surface area contributed by atoms with Crippen molar-refractivity contribution >= 4 is 28.9 Å². The Morgan fingerprint density at radius 3 is 3.20 bits per heavy atom. The van der Waals surface area contributed by atoms with Gasteiger partial charge in [0.1, 0.15) is 5.82 Å². The van der Waals surface area contributed by atoms with Crippen LogP contribution in [0.2, 0.25) is 5.15 Å². The first kappa shape index (κ1) is 13.6. The zero-order chi connectivity index (χ0) is 14.1. The zero-order valence-electron chi connectivity index (χ0n) is 11.1. The highest BCUT2D eigenvalue weighted by Crippen LogP contribution is 2.29. The van der Waals surface area contributed by atoms with E-state index >= 15 is 0 Å². The molecule has 0 bridgehead atoms. The van der Waals surface area contributed by atoms with Gasteiger partial charge in [0.15, 0.2) is 5.15 Å². The maximum Gasteiger partial charge on any atom is 0.310 e. The molecule has 0 aromatic carbocycles. The molecule has 4 nitrogen and oxygen atoms in total. The Kier molecular flexibility index (Phi) is 3.81. The summed E-state index contributed by atoms with van der Waals surface area (Å²) in [5.41, 5.74) is 1.04. The number of hydrogen-bond donors (Lipinski definition) is 0. The average Bonchev–Trinajstić information content (AvgIpc) is 3.07. The third kappa shape index (κ3) is 2.47. The summed E-state index contributed by atoms with van der Waals surface area (Å²) in [6.07, 6.45) is 2.30. The van der Waals surface area contributed by atoms with Crippen molar-refractivity contribution in [3.8, 4) is 0 Å². The molecule has 106 valence electrons. The summed E-state index contributed by atoms with van der Waals surface area (Å²) in [7, 11) is 1.44. The molecule has 0 spiro atoms. The van der Waals surface area contributed by atoms with E-state index in [0.717, 1.165) is 30.8 Å². The van der Waals surface area contributed by atoms with Crippen molar-refractivity contribution in [2.75, 3.05) is 7.11 Å². The average molecular weight is 311 g/mol. The van der Waals surface area contributed by atoms with Gasteiger partial charge in [-0.05, 0) is 24.3 Å². The van der Waals surface area contributed by atoms with Crippen LogP contribution < -0.4 is 0 Å². The summed E-state index contributed by atoms with van der Waals surface area (Å²) in [6.45, 7) is 0.614. The Balaban J connectivity index is 1.88. The summed E-state index contributed by atoms with van der Waals surface area (Å²) in [5, 5.41) is 2.62. The number of thiophene rings is 1. The van der Waals surface area contributed by atoms with Crippen LogP contribution in [0.25, 0.3) is 0 Å². The van der Waals surface area contributed by atoms with Crippen LogP contribution in [0.4, 0.5) is 0 Å². The number of methoxy groups -OCH3 is 1. The van der Waals surface area contributed by atoms with E-state index in [1.807, 2.05) is 11.4 Å². The van der Waals surface area contributed by atoms with Gasteiger partial charge in [-0.25, -0.2) is 4.98 Å². The second-order valence-electron chi connectivity index (χ2n) is 4.89. The molecule has 2 aromatic rings. The molecule has 1 aliphatic heterocycles. The van der Waals surface area contributed by atoms with Gasteiger partial charge in [0.25, 0.3) is 0 Å². The molecule has 0 radical (unpaired) electrons. The highest BCUT2D eigenvalue weighted by molar-refractivity contribution is 7.09. The standard InChI is InChI=1S/C14H15ClN2O2S/c1-19-14(18)9-4-5-11-13(15)16-12(17(11)8-9)7-10-3-2-6-20-10/h2-3,6,9H,4-5,7-8H2,1H3. The normalized spacial score (nSPS) is 17.8. The topological polar surface area (TPSA) is 44.1 Å². The van der Waals surface area contributed by atoms with Crippen LogP contribution in [0.5, 0.6) is 0 Å². The molecule has 20 heavy (non-hydrogen) atoms. The third-order valence-corrected chi connectivity index (χ3v) is 4.86. The smallest absolute Gasteiger partial charge is 0.310 e. The Morgan fingerprint density at radius 2 is 2.50 bits per heavy atom. The highest BCUT2D eigenvalue weighted by atomic mass is 35.5. The quantitative estimate of drug-likeness (QED) is 0.819. The maximum absolute atomic E-state index is 11.7. The van der Waals surface area contributed by atoms with E-state index in [4.69, 9.17) is 16.3 Å². The largest absolute Gasteiger partial charge is 0.469 e. The highest BCUT2D eigenvalue weighted by Gasteiger charge is 2.29. The van der Waals surface area contributed by atoms with Gasteiger partial charge in [0.2, 0.25) is 0 Å². The first-order valence-electron chi connectivity index (χ1n) is 6.53. The molecule has 1 aliphatic rings. The van der Waals surface area contributed by atoms with Crippen LogP contribution in [0.15, 0.2) is 17.5 Å². The van der Waals surface area contributed by atoms with Crippen LogP contribution in [-0.2, 0) is 28.9 Å². The summed E-state index contributed by atoms with van der Waals surface area (Å²) in [6, 6.07) is 4.11. The third-order valence-electron chi connectivity index (χ3n) is 3.68. The molecule has 6 heteroatoms. The number of aromatic nitrogens is 2. The lowest BCUT2D eigenvalue weighted by atomic mass is 9.98. The van der Waals surface area contributed by atoms with E-state index in [9.17, 15) is 4.79 Å². The molecular weight excluding hydrogens is 296 g/mol. The van der Waals surface area contributed by atoms with Crippen LogP contribution in [0.3, 0.4) is 0 Å². The van der Waals surface area contributed by atoms with Gasteiger partial charge in [0.05, 0.1) is 18.7 Å². The second-order valence-corrected chi connectivity index (χ2v) is 6.28. The lowest BCUT2D eigenvalue weighted by Crippen LogP contribution is -2.28. The minimum Gasteiger partial charge on any atom is -0.469 e. The number of ether oxygens (including phenoxy) is 1. The van der Waals surface area contributed by atoms with Crippen molar-refractivity contribution in [3.63, 3.8) is 0 Å². The Labute approximate surface area is 126 Å². The SMILES string of the molecule is COC(=O)C1CCc2c(Cl)nc(Cc3cccs3)n2C1. The van der Waals surface area contributed by atoms with Crippen LogP contribution in [0, 0.1) is 5.92 Å². The lowest BCUT2D eigenvalue weighted by Gasteiger charge is -2.23. The van der Waals surface area contributed by atoms with Crippen molar-refractivity contribution in [2.24, 2.45) is 5.92 Å². The number of carbonyl (C=O) groups is 1. The fourth-order valence-electron chi connectivity index (χ4n) is 2.64. The van der Waals surface area contributed by atoms with Gasteiger partial charge in [-0.15, -0.1) is 11.3 Å². The van der Waals surface area contributed by atoms with Gasteiger partial charge in [-0.1, -0.05) is 17.7 Å². The monoisotopic (exact) mass is 310 g/mol. The lowest BCUT2D eigenvalue weighted by molar-refractivity contribution is -0.146. The number of imidazole rings is 1. The summed E-state index contributed by atoms with van der Waals surface area (Å²) < 4.78 is 6.94. The molecule has 1 atom stereocenters. The maximum atomic E-state index is 11.7. The van der Waals surface area contributed by atoms with Crippen molar-refractivity contribution in [2.45, 2.75) is 25.8 Å². The van der Waals surface area contributed by atoms with Crippen molar-refractivity contribution in [1.82, 2.24) is 9.55 Å². The summed E-state index contributed by atoms with van der Waals surface area (Å²) in [5.74, 6) is 0.684. The van der Waals surface area contributed by atoms with Crippen molar-refractivity contribution < 1.29 is 9.53 Å². The zero-order valence-corrected chi connectivity index (χ0v) is 12.7. The number of rotatable bonds is 3. The van der Waals surface area contributed by atoms with Gasteiger partial charge >= 0.3 is 5.97 Å². The Bertz CT molecular complexity index is 621. The number of fused-ring (bicyclic) bond motifs is 1. The molecule has 2 aromatic heterocycles. The molecule has 0 saturated heterocycles. The minimum atomic E-state index is -0.150. The molecule has 0 N–H and O–H groups in total. The van der Waals surface area contributed by atoms with Gasteiger partial charge in [-0.3, -0.25) is 4.79 Å². The van der Waals surface area contributed by atoms with Crippen LogP contribution in [0.1, 0.15) is 22.8 Å². The first-order chi connectivity index (χ1) is 9.69. The Hall–Kier alpha value is -1.33. The van der Waals surface area contributed by atoms with Crippen LogP contribution >= 0.6 is 22.9 Å².